The molecule has 1 amide bonds. The molecule has 3 rings (SSSR count). The first-order chi connectivity index (χ1) is 13.5. The molecule has 28 heavy (non-hydrogen) atoms. The molecule has 0 bridgehead atoms. The molecule has 0 radical (unpaired) electrons. The lowest BCUT2D eigenvalue weighted by molar-refractivity contribution is -0.123. The molecule has 0 spiro atoms. The van der Waals surface area contributed by atoms with Crippen LogP contribution in [0.2, 0.25) is 0 Å². The Morgan fingerprint density at radius 2 is 1.57 bits per heavy atom. The molecule has 1 aliphatic heterocycles. The van der Waals surface area contributed by atoms with Crippen LogP contribution in [0.3, 0.4) is 0 Å². The molecule has 0 aliphatic carbocycles. The van der Waals surface area contributed by atoms with E-state index in [0.29, 0.717) is 12.5 Å². The van der Waals surface area contributed by atoms with Gasteiger partial charge in [-0.3, -0.25) is 9.69 Å². The fourth-order valence-corrected chi connectivity index (χ4v) is 3.79. The standard InChI is InChI=1S/C24H33N3O/c1-19(2)17-21-9-11-22(12-10-21)20(3)25-24(28)18-26-13-15-27(16-14-26)23-7-5-4-6-8-23/h4-12,19-20H,13-18H2,1-3H3,(H,25,28). The summed E-state index contributed by atoms with van der Waals surface area (Å²) in [6, 6.07) is 19.2. The minimum Gasteiger partial charge on any atom is -0.369 e. The average molecular weight is 380 g/mol. The number of carbonyl (C=O) groups excluding carboxylic acids is 1. The highest BCUT2D eigenvalue weighted by Gasteiger charge is 2.20. The summed E-state index contributed by atoms with van der Waals surface area (Å²) in [6.07, 6.45) is 1.09. The number of hydrogen-bond acceptors (Lipinski definition) is 3. The second kappa shape index (κ2) is 9.74. The van der Waals surface area contributed by atoms with Crippen LogP contribution in [0.1, 0.15) is 37.9 Å². The van der Waals surface area contributed by atoms with E-state index in [4.69, 9.17) is 0 Å². The van der Waals surface area contributed by atoms with E-state index in [0.717, 1.165) is 38.2 Å². The predicted molar refractivity (Wildman–Crippen MR) is 117 cm³/mol. The fourth-order valence-electron chi connectivity index (χ4n) is 3.79. The maximum absolute atomic E-state index is 12.5. The number of amides is 1. The lowest BCUT2D eigenvalue weighted by Gasteiger charge is -2.35. The van der Waals surface area contributed by atoms with Crippen molar-refractivity contribution in [3.8, 4) is 0 Å². The summed E-state index contributed by atoms with van der Waals surface area (Å²) in [6.45, 7) is 10.8. The Balaban J connectivity index is 1.44. The van der Waals surface area contributed by atoms with Crippen LogP contribution in [0, 0.1) is 5.92 Å². The van der Waals surface area contributed by atoms with Gasteiger partial charge in [0.25, 0.3) is 0 Å². The van der Waals surface area contributed by atoms with E-state index in [2.05, 4.69) is 84.4 Å². The van der Waals surface area contributed by atoms with Gasteiger partial charge in [0.1, 0.15) is 0 Å². The van der Waals surface area contributed by atoms with Crippen molar-refractivity contribution in [2.45, 2.75) is 33.2 Å². The van der Waals surface area contributed by atoms with Gasteiger partial charge in [0.2, 0.25) is 5.91 Å². The average Bonchev–Trinajstić information content (AvgIpc) is 2.69. The van der Waals surface area contributed by atoms with E-state index in [1.165, 1.54) is 11.3 Å². The highest BCUT2D eigenvalue weighted by atomic mass is 16.2. The summed E-state index contributed by atoms with van der Waals surface area (Å²) in [5, 5.41) is 3.15. The molecule has 1 aliphatic rings. The number of benzene rings is 2. The molecule has 1 heterocycles. The minimum absolute atomic E-state index is 0.0335. The van der Waals surface area contributed by atoms with Gasteiger partial charge >= 0.3 is 0 Å². The second-order valence-electron chi connectivity index (χ2n) is 8.23. The summed E-state index contributed by atoms with van der Waals surface area (Å²) in [4.78, 5) is 17.1. The summed E-state index contributed by atoms with van der Waals surface area (Å²) in [5.41, 5.74) is 3.78. The van der Waals surface area contributed by atoms with Gasteiger partial charge in [-0.15, -0.1) is 0 Å². The van der Waals surface area contributed by atoms with Gasteiger partial charge in [0, 0.05) is 31.9 Å². The summed E-state index contributed by atoms with van der Waals surface area (Å²) >= 11 is 0. The third-order valence-corrected chi connectivity index (χ3v) is 5.36. The van der Waals surface area contributed by atoms with E-state index < -0.39 is 0 Å². The summed E-state index contributed by atoms with van der Waals surface area (Å²) in [5.74, 6) is 0.761. The molecule has 150 valence electrons. The lowest BCUT2D eigenvalue weighted by Crippen LogP contribution is -2.49. The Morgan fingerprint density at radius 3 is 2.18 bits per heavy atom. The van der Waals surface area contributed by atoms with E-state index in [1.54, 1.807) is 0 Å². The van der Waals surface area contributed by atoms with Crippen LogP contribution in [0.5, 0.6) is 0 Å². The largest absolute Gasteiger partial charge is 0.369 e. The highest BCUT2D eigenvalue weighted by Crippen LogP contribution is 2.17. The molecule has 0 aromatic heterocycles. The van der Waals surface area contributed by atoms with Crippen LogP contribution >= 0.6 is 0 Å². The van der Waals surface area contributed by atoms with Crippen molar-refractivity contribution in [2.75, 3.05) is 37.6 Å². The first-order valence-electron chi connectivity index (χ1n) is 10.4. The molecule has 0 saturated carbocycles. The van der Waals surface area contributed by atoms with Gasteiger partial charge in [-0.1, -0.05) is 56.3 Å². The molecular formula is C24H33N3O. The molecule has 2 aromatic rings. The van der Waals surface area contributed by atoms with Crippen LogP contribution in [0.25, 0.3) is 0 Å². The number of nitrogens with zero attached hydrogens (tertiary/aromatic N) is 2. The number of nitrogens with one attached hydrogen (secondary N) is 1. The third kappa shape index (κ3) is 5.83. The molecule has 2 aromatic carbocycles. The highest BCUT2D eigenvalue weighted by molar-refractivity contribution is 5.78. The van der Waals surface area contributed by atoms with Gasteiger partial charge in [-0.25, -0.2) is 0 Å². The first-order valence-corrected chi connectivity index (χ1v) is 10.4. The van der Waals surface area contributed by atoms with Crippen molar-refractivity contribution < 1.29 is 4.79 Å². The number of anilines is 1. The molecule has 4 nitrogen and oxygen atoms in total. The number of carbonyl (C=O) groups is 1. The van der Waals surface area contributed by atoms with Crippen LogP contribution in [0.15, 0.2) is 54.6 Å². The number of piperazine rings is 1. The molecule has 1 saturated heterocycles. The smallest absolute Gasteiger partial charge is 0.234 e. The van der Waals surface area contributed by atoms with Crippen molar-refractivity contribution >= 4 is 11.6 Å². The monoisotopic (exact) mass is 379 g/mol. The van der Waals surface area contributed by atoms with Gasteiger partial charge in [-0.05, 0) is 42.5 Å². The zero-order valence-electron chi connectivity index (χ0n) is 17.4. The normalized spacial score (nSPS) is 16.2. The topological polar surface area (TPSA) is 35.6 Å². The number of para-hydroxylation sites is 1. The molecular weight excluding hydrogens is 346 g/mol. The predicted octanol–water partition coefficient (Wildman–Crippen LogP) is 3.88. The lowest BCUT2D eigenvalue weighted by atomic mass is 10.00. The van der Waals surface area contributed by atoms with Crippen LogP contribution in [-0.2, 0) is 11.2 Å². The van der Waals surface area contributed by atoms with Crippen LogP contribution in [0.4, 0.5) is 5.69 Å². The second-order valence-corrected chi connectivity index (χ2v) is 8.23. The Morgan fingerprint density at radius 1 is 0.929 bits per heavy atom. The maximum atomic E-state index is 12.5. The van der Waals surface area contributed by atoms with Crippen molar-refractivity contribution in [3.05, 3.63) is 65.7 Å². The zero-order chi connectivity index (χ0) is 19.9. The van der Waals surface area contributed by atoms with Crippen molar-refractivity contribution in [1.29, 1.82) is 0 Å². The third-order valence-electron chi connectivity index (χ3n) is 5.36. The zero-order valence-corrected chi connectivity index (χ0v) is 17.4. The van der Waals surface area contributed by atoms with Crippen LogP contribution < -0.4 is 10.2 Å². The van der Waals surface area contributed by atoms with Gasteiger partial charge in [0.05, 0.1) is 12.6 Å². The van der Waals surface area contributed by atoms with Gasteiger partial charge in [0.15, 0.2) is 0 Å². The van der Waals surface area contributed by atoms with Gasteiger partial charge in [-0.2, -0.15) is 0 Å². The Bertz CT molecular complexity index is 734. The van der Waals surface area contributed by atoms with Crippen LogP contribution in [-0.4, -0.2) is 43.5 Å². The summed E-state index contributed by atoms with van der Waals surface area (Å²) < 4.78 is 0. The van der Waals surface area contributed by atoms with Crippen molar-refractivity contribution in [1.82, 2.24) is 10.2 Å². The quantitative estimate of drug-likeness (QED) is 0.793. The molecule has 1 atom stereocenters. The minimum atomic E-state index is 0.0335. The molecule has 4 heteroatoms. The summed E-state index contributed by atoms with van der Waals surface area (Å²) in [7, 11) is 0. The molecule has 1 fully saturated rings. The Labute approximate surface area is 169 Å². The van der Waals surface area contributed by atoms with E-state index >= 15 is 0 Å². The van der Waals surface area contributed by atoms with E-state index in [1.807, 2.05) is 6.07 Å². The SMILES string of the molecule is CC(C)Cc1ccc(C(C)NC(=O)CN2CCN(c3ccccc3)CC2)cc1. The van der Waals surface area contributed by atoms with E-state index in [9.17, 15) is 4.79 Å². The number of rotatable bonds is 7. The van der Waals surface area contributed by atoms with E-state index in [-0.39, 0.29) is 11.9 Å². The molecule has 1 unspecified atom stereocenters. The molecule has 1 N–H and O–H groups in total. The van der Waals surface area contributed by atoms with Crippen molar-refractivity contribution in [3.63, 3.8) is 0 Å². The Hall–Kier alpha value is -2.33. The van der Waals surface area contributed by atoms with Gasteiger partial charge < -0.3 is 10.2 Å². The number of hydrogen-bond donors (Lipinski definition) is 1. The maximum Gasteiger partial charge on any atom is 0.234 e. The Kier molecular flexibility index (Phi) is 7.10. The van der Waals surface area contributed by atoms with Crippen molar-refractivity contribution in [2.24, 2.45) is 5.92 Å². The first kappa shape index (κ1) is 20.4. The fraction of sp³-hybridized carbons (Fsp3) is 0.458.